The van der Waals surface area contributed by atoms with Crippen LogP contribution in [0.15, 0.2) is 21.9 Å². The van der Waals surface area contributed by atoms with Gasteiger partial charge in [0.25, 0.3) is 5.56 Å². The van der Waals surface area contributed by atoms with Crippen LogP contribution in [0.25, 0.3) is 0 Å². The number of nitrogens with one attached hydrogen (secondary N) is 1. The number of aromatic nitrogens is 4. The zero-order valence-electron chi connectivity index (χ0n) is 14.0. The highest BCUT2D eigenvalue weighted by Crippen LogP contribution is 2.17. The maximum Gasteiger partial charge on any atom is 0.328 e. The van der Waals surface area contributed by atoms with E-state index in [9.17, 15) is 14.7 Å². The van der Waals surface area contributed by atoms with Gasteiger partial charge in [-0.3, -0.25) is 18.9 Å². The molecule has 0 spiro atoms. The summed E-state index contributed by atoms with van der Waals surface area (Å²) in [6.45, 7) is 4.95. The molecule has 0 saturated heterocycles. The molecule has 3 heterocycles. The van der Waals surface area contributed by atoms with Gasteiger partial charge in [-0.1, -0.05) is 0 Å². The fourth-order valence-corrected chi connectivity index (χ4v) is 3.02. The first-order valence-corrected chi connectivity index (χ1v) is 8.20. The number of hydrogen-bond donors (Lipinski definition) is 2. The molecule has 1 aliphatic rings. The first-order valence-electron chi connectivity index (χ1n) is 8.20. The van der Waals surface area contributed by atoms with E-state index >= 15 is 0 Å². The Balaban J connectivity index is 1.71. The SMILES string of the molecule is CC(O)c1cc2n(n1)CCCN(CCc1c[nH]c(=O)n(C)c1=O)C2. The van der Waals surface area contributed by atoms with E-state index in [0.29, 0.717) is 17.7 Å². The summed E-state index contributed by atoms with van der Waals surface area (Å²) in [5.74, 6) is 0. The summed E-state index contributed by atoms with van der Waals surface area (Å²) < 4.78 is 3.06. The zero-order valence-corrected chi connectivity index (χ0v) is 14.0. The van der Waals surface area contributed by atoms with Crippen molar-refractivity contribution in [1.29, 1.82) is 0 Å². The van der Waals surface area contributed by atoms with Crippen molar-refractivity contribution >= 4 is 0 Å². The standard InChI is InChI=1S/C16H23N5O3/c1-11(22)14-8-13-10-20(5-3-6-21(13)18-14)7-4-12-9-17-16(24)19(2)15(12)23/h8-9,11,22H,3-7,10H2,1-2H3,(H,17,24). The van der Waals surface area contributed by atoms with Crippen LogP contribution in [0.5, 0.6) is 0 Å². The van der Waals surface area contributed by atoms with E-state index in [1.54, 1.807) is 6.92 Å². The molecule has 8 heteroatoms. The quantitative estimate of drug-likeness (QED) is 0.806. The van der Waals surface area contributed by atoms with Gasteiger partial charge in [0.15, 0.2) is 0 Å². The molecule has 2 aromatic heterocycles. The topological polar surface area (TPSA) is 96.2 Å². The number of fused-ring (bicyclic) bond motifs is 1. The van der Waals surface area contributed by atoms with Crippen LogP contribution in [0.3, 0.4) is 0 Å². The molecule has 0 amide bonds. The van der Waals surface area contributed by atoms with Crippen LogP contribution in [0.2, 0.25) is 0 Å². The summed E-state index contributed by atoms with van der Waals surface area (Å²) in [6, 6.07) is 1.95. The normalized spacial score (nSPS) is 16.6. The molecule has 130 valence electrons. The van der Waals surface area contributed by atoms with Gasteiger partial charge < -0.3 is 10.1 Å². The highest BCUT2D eigenvalue weighted by molar-refractivity contribution is 5.13. The van der Waals surface area contributed by atoms with Gasteiger partial charge in [-0.15, -0.1) is 0 Å². The summed E-state index contributed by atoms with van der Waals surface area (Å²) in [5.41, 5.74) is 1.75. The molecule has 0 fully saturated rings. The van der Waals surface area contributed by atoms with Gasteiger partial charge in [0.1, 0.15) is 0 Å². The third-order valence-corrected chi connectivity index (χ3v) is 4.49. The van der Waals surface area contributed by atoms with Crippen LogP contribution in [0, 0.1) is 0 Å². The van der Waals surface area contributed by atoms with Gasteiger partial charge >= 0.3 is 5.69 Å². The zero-order chi connectivity index (χ0) is 17.3. The van der Waals surface area contributed by atoms with Gasteiger partial charge in [-0.05, 0) is 25.8 Å². The minimum absolute atomic E-state index is 0.241. The van der Waals surface area contributed by atoms with Crippen LogP contribution in [-0.4, -0.2) is 42.4 Å². The number of aliphatic hydroxyl groups is 1. The van der Waals surface area contributed by atoms with E-state index in [-0.39, 0.29) is 5.56 Å². The molecule has 3 rings (SSSR count). The van der Waals surface area contributed by atoms with E-state index in [1.165, 1.54) is 13.2 Å². The molecule has 1 unspecified atom stereocenters. The van der Waals surface area contributed by atoms with Crippen molar-refractivity contribution in [3.8, 4) is 0 Å². The molecule has 8 nitrogen and oxygen atoms in total. The Hall–Kier alpha value is -2.19. The maximum atomic E-state index is 12.1. The molecule has 0 aliphatic carbocycles. The Bertz CT molecular complexity index is 833. The molecule has 2 N–H and O–H groups in total. The lowest BCUT2D eigenvalue weighted by molar-refractivity contribution is 0.193. The third-order valence-electron chi connectivity index (χ3n) is 4.49. The molecular formula is C16H23N5O3. The Kier molecular flexibility index (Phi) is 4.68. The average molecular weight is 333 g/mol. The number of hydrogen-bond acceptors (Lipinski definition) is 5. The molecule has 24 heavy (non-hydrogen) atoms. The van der Waals surface area contributed by atoms with Gasteiger partial charge in [0.2, 0.25) is 0 Å². The molecule has 0 radical (unpaired) electrons. The first-order chi connectivity index (χ1) is 11.5. The summed E-state index contributed by atoms with van der Waals surface area (Å²) in [5, 5.41) is 14.1. The number of H-pyrrole nitrogens is 1. The third kappa shape index (κ3) is 3.34. The van der Waals surface area contributed by atoms with Gasteiger partial charge in [-0.25, -0.2) is 4.79 Å². The Morgan fingerprint density at radius 3 is 2.92 bits per heavy atom. The summed E-state index contributed by atoms with van der Waals surface area (Å²) in [7, 11) is 1.48. The number of aromatic amines is 1. The Morgan fingerprint density at radius 2 is 2.17 bits per heavy atom. The fourth-order valence-electron chi connectivity index (χ4n) is 3.02. The fraction of sp³-hybridized carbons (Fsp3) is 0.562. The summed E-state index contributed by atoms with van der Waals surface area (Å²) in [4.78, 5) is 28.4. The van der Waals surface area contributed by atoms with Crippen molar-refractivity contribution in [1.82, 2.24) is 24.2 Å². The van der Waals surface area contributed by atoms with Crippen molar-refractivity contribution in [3.63, 3.8) is 0 Å². The van der Waals surface area contributed by atoms with Gasteiger partial charge in [0, 0.05) is 45.0 Å². The number of nitrogens with zero attached hydrogens (tertiary/aromatic N) is 4. The lowest BCUT2D eigenvalue weighted by Crippen LogP contribution is -2.35. The monoisotopic (exact) mass is 333 g/mol. The van der Waals surface area contributed by atoms with E-state index in [4.69, 9.17) is 0 Å². The number of rotatable bonds is 4. The van der Waals surface area contributed by atoms with Crippen LogP contribution in [-0.2, 0) is 26.6 Å². The molecule has 0 aromatic carbocycles. The second-order valence-corrected chi connectivity index (χ2v) is 6.32. The van der Waals surface area contributed by atoms with E-state index in [1.807, 2.05) is 10.7 Å². The van der Waals surface area contributed by atoms with Crippen LogP contribution < -0.4 is 11.2 Å². The Labute approximate surface area is 139 Å². The van der Waals surface area contributed by atoms with Crippen LogP contribution in [0.1, 0.15) is 36.4 Å². The van der Waals surface area contributed by atoms with Crippen molar-refractivity contribution in [2.45, 2.75) is 39.0 Å². The first kappa shape index (κ1) is 16.7. The minimum atomic E-state index is -0.568. The van der Waals surface area contributed by atoms with Gasteiger partial charge in [-0.2, -0.15) is 5.10 Å². The summed E-state index contributed by atoms with van der Waals surface area (Å²) in [6.07, 6.45) is 2.50. The van der Waals surface area contributed by atoms with Crippen LogP contribution in [0.4, 0.5) is 0 Å². The second kappa shape index (κ2) is 6.74. The van der Waals surface area contributed by atoms with Crippen molar-refractivity contribution in [2.24, 2.45) is 7.05 Å². The van der Waals surface area contributed by atoms with Crippen LogP contribution >= 0.6 is 0 Å². The molecule has 0 bridgehead atoms. The predicted molar refractivity (Wildman–Crippen MR) is 88.8 cm³/mol. The highest BCUT2D eigenvalue weighted by atomic mass is 16.3. The average Bonchev–Trinajstić information content (AvgIpc) is 2.85. The lowest BCUT2D eigenvalue weighted by atomic mass is 10.2. The Morgan fingerprint density at radius 1 is 1.38 bits per heavy atom. The van der Waals surface area contributed by atoms with Crippen molar-refractivity contribution < 1.29 is 5.11 Å². The van der Waals surface area contributed by atoms with Crippen molar-refractivity contribution in [2.75, 3.05) is 13.1 Å². The number of aryl methyl sites for hydroxylation is 1. The largest absolute Gasteiger partial charge is 0.387 e. The lowest BCUT2D eigenvalue weighted by Gasteiger charge is -2.19. The van der Waals surface area contributed by atoms with Gasteiger partial charge in [0.05, 0.1) is 17.5 Å². The second-order valence-electron chi connectivity index (χ2n) is 6.32. The maximum absolute atomic E-state index is 12.1. The molecular weight excluding hydrogens is 310 g/mol. The molecule has 2 aromatic rings. The van der Waals surface area contributed by atoms with Crippen molar-refractivity contribution in [3.05, 3.63) is 50.1 Å². The van der Waals surface area contributed by atoms with E-state index in [0.717, 1.165) is 42.9 Å². The molecule has 1 atom stereocenters. The van der Waals surface area contributed by atoms with E-state index in [2.05, 4.69) is 15.0 Å². The highest BCUT2D eigenvalue weighted by Gasteiger charge is 2.18. The molecule has 1 aliphatic heterocycles. The number of aliphatic hydroxyl groups excluding tert-OH is 1. The summed E-state index contributed by atoms with van der Waals surface area (Å²) >= 11 is 0. The smallest absolute Gasteiger partial charge is 0.328 e. The van der Waals surface area contributed by atoms with E-state index < -0.39 is 11.8 Å². The predicted octanol–water partition coefficient (Wildman–Crippen LogP) is -0.228. The minimum Gasteiger partial charge on any atom is -0.387 e. The molecule has 0 saturated carbocycles.